The molecule has 1 unspecified atom stereocenters. The smallest absolute Gasteiger partial charge is 0.420 e. The summed E-state index contributed by atoms with van der Waals surface area (Å²) >= 11 is 0. The summed E-state index contributed by atoms with van der Waals surface area (Å²) in [6.07, 6.45) is -1.64. The first kappa shape index (κ1) is 27.1. The molecule has 4 rings (SSSR count). The summed E-state index contributed by atoms with van der Waals surface area (Å²) < 4.78 is 76.3. The molecule has 0 aliphatic heterocycles. The lowest BCUT2D eigenvalue weighted by Gasteiger charge is -2.16. The van der Waals surface area contributed by atoms with Gasteiger partial charge in [0.15, 0.2) is 0 Å². The van der Waals surface area contributed by atoms with Crippen molar-refractivity contribution in [1.29, 1.82) is 0 Å². The van der Waals surface area contributed by atoms with Crippen LogP contribution in [0.1, 0.15) is 45.0 Å². The molecule has 0 fully saturated rings. The van der Waals surface area contributed by atoms with E-state index in [1.807, 2.05) is 0 Å². The van der Waals surface area contributed by atoms with E-state index >= 15 is 0 Å². The molecule has 0 saturated carbocycles. The van der Waals surface area contributed by atoms with E-state index < -0.39 is 46.3 Å². The Morgan fingerprint density at radius 1 is 1.10 bits per heavy atom. The number of pyridine rings is 2. The minimum absolute atomic E-state index is 0.0904. The van der Waals surface area contributed by atoms with Gasteiger partial charge >= 0.3 is 12.1 Å². The van der Waals surface area contributed by atoms with E-state index in [0.29, 0.717) is 6.20 Å². The Morgan fingerprint density at radius 3 is 2.59 bits per heavy atom. The molecule has 3 aromatic heterocycles. The first-order valence-electron chi connectivity index (χ1n) is 11.3. The predicted molar refractivity (Wildman–Crippen MR) is 131 cm³/mol. The Bertz CT molecular complexity index is 1760. The number of aromatic nitrogens is 3. The van der Waals surface area contributed by atoms with Crippen molar-refractivity contribution < 1.29 is 31.5 Å². The molecule has 4 aromatic rings. The molecule has 11 heteroatoms. The van der Waals surface area contributed by atoms with Crippen LogP contribution in [0.3, 0.4) is 0 Å². The van der Waals surface area contributed by atoms with Gasteiger partial charge < -0.3 is 9.30 Å². The second-order valence-electron chi connectivity index (χ2n) is 8.30. The third kappa shape index (κ3) is 5.53. The molecule has 0 radical (unpaired) electrons. The zero-order valence-corrected chi connectivity index (χ0v) is 20.4. The number of ether oxygens (including phenoxy) is 1. The van der Waals surface area contributed by atoms with E-state index in [1.165, 1.54) is 36.1 Å². The number of fused-ring (bicyclic) bond motifs is 1. The highest BCUT2D eigenvalue weighted by atomic mass is 19.4. The molecular weight excluding hydrogens is 521 g/mol. The molecule has 0 spiro atoms. The van der Waals surface area contributed by atoms with Gasteiger partial charge in [-0.2, -0.15) is 18.3 Å². The first-order chi connectivity index (χ1) is 18.5. The van der Waals surface area contributed by atoms with E-state index in [-0.39, 0.29) is 28.7 Å². The number of methoxy groups -OCH3 is 1. The van der Waals surface area contributed by atoms with Crippen LogP contribution in [-0.2, 0) is 18.0 Å². The summed E-state index contributed by atoms with van der Waals surface area (Å²) in [5.74, 6) is 6.72. The quantitative estimate of drug-likeness (QED) is 0.215. The Labute approximate surface area is 218 Å². The van der Waals surface area contributed by atoms with Crippen molar-refractivity contribution in [3.05, 3.63) is 105 Å². The monoisotopic (exact) mass is 539 g/mol. The normalized spacial score (nSPS) is 11.8. The van der Waals surface area contributed by atoms with Crippen LogP contribution in [0.2, 0.25) is 0 Å². The summed E-state index contributed by atoms with van der Waals surface area (Å²) in [6, 6.07) is 7.14. The first-order valence-corrected chi connectivity index (χ1v) is 11.3. The van der Waals surface area contributed by atoms with Crippen molar-refractivity contribution in [3.63, 3.8) is 0 Å². The maximum Gasteiger partial charge on any atom is 0.420 e. The second kappa shape index (κ2) is 10.8. The summed E-state index contributed by atoms with van der Waals surface area (Å²) in [6.45, 7) is 0. The fraction of sp³-hybridized carbons (Fsp3) is 0.179. The summed E-state index contributed by atoms with van der Waals surface area (Å²) in [5.41, 5.74) is -2.44. The predicted octanol–water partition coefficient (Wildman–Crippen LogP) is 4.69. The van der Waals surface area contributed by atoms with Gasteiger partial charge in [0, 0.05) is 37.3 Å². The van der Waals surface area contributed by atoms with Gasteiger partial charge in [-0.3, -0.25) is 4.79 Å². The largest absolute Gasteiger partial charge is 0.465 e. The van der Waals surface area contributed by atoms with Crippen LogP contribution in [-0.4, -0.2) is 27.3 Å². The van der Waals surface area contributed by atoms with Crippen molar-refractivity contribution >= 4 is 11.5 Å². The van der Waals surface area contributed by atoms with Crippen molar-refractivity contribution in [2.24, 2.45) is 7.05 Å². The number of hydrogen-bond donors (Lipinski definition) is 0. The number of halogens is 5. The highest BCUT2D eigenvalue weighted by Gasteiger charge is 2.36. The molecule has 0 amide bonds. The Balaban J connectivity index is 1.79. The average Bonchev–Trinajstić information content (AvgIpc) is 3.35. The number of aryl methyl sites for hydroxylation is 1. The Morgan fingerprint density at radius 2 is 1.87 bits per heavy atom. The molecule has 3 heterocycles. The summed E-state index contributed by atoms with van der Waals surface area (Å²) in [5, 5.41) is 3.68. The Kier molecular flexibility index (Phi) is 7.54. The summed E-state index contributed by atoms with van der Waals surface area (Å²) in [7, 11) is 2.58. The standard InChI is InChI=1S/C28H18F5N3O3/c1-35-13-6-9-20(26(35)37)18(22-15-17(29)10-11-24(22)30)7-4-3-5-8-19-21(27(38)39-2)12-14-36-25(19)23(16-34-36)28(31,32)33/h6,9-16,18H,7H2,1-2H3. The van der Waals surface area contributed by atoms with E-state index in [0.717, 1.165) is 29.8 Å². The number of carbonyl (C=O) groups excluding carboxylic acids is 1. The maximum absolute atomic E-state index is 14.6. The lowest BCUT2D eigenvalue weighted by molar-refractivity contribution is -0.136. The van der Waals surface area contributed by atoms with E-state index in [2.05, 4.69) is 33.5 Å². The molecular formula is C28H18F5N3O3. The zero-order valence-electron chi connectivity index (χ0n) is 20.4. The molecule has 0 saturated heterocycles. The number of esters is 1. The third-order valence-electron chi connectivity index (χ3n) is 5.90. The highest BCUT2D eigenvalue weighted by Crippen LogP contribution is 2.34. The van der Waals surface area contributed by atoms with Crippen LogP contribution in [0, 0.1) is 35.3 Å². The van der Waals surface area contributed by atoms with Gasteiger partial charge in [0.1, 0.15) is 17.2 Å². The molecule has 0 N–H and O–H groups in total. The minimum Gasteiger partial charge on any atom is -0.465 e. The maximum atomic E-state index is 14.6. The molecule has 39 heavy (non-hydrogen) atoms. The fourth-order valence-corrected chi connectivity index (χ4v) is 4.04. The molecule has 6 nitrogen and oxygen atoms in total. The molecule has 1 aromatic carbocycles. The van der Waals surface area contributed by atoms with Crippen LogP contribution in [0.25, 0.3) is 5.52 Å². The lowest BCUT2D eigenvalue weighted by Crippen LogP contribution is -2.23. The van der Waals surface area contributed by atoms with Crippen molar-refractivity contribution in [2.75, 3.05) is 7.11 Å². The molecule has 198 valence electrons. The molecule has 0 aliphatic rings. The van der Waals surface area contributed by atoms with Crippen LogP contribution in [0.4, 0.5) is 22.0 Å². The van der Waals surface area contributed by atoms with Crippen molar-refractivity contribution in [3.8, 4) is 23.7 Å². The zero-order chi connectivity index (χ0) is 28.3. The van der Waals surface area contributed by atoms with Crippen LogP contribution in [0.5, 0.6) is 0 Å². The minimum atomic E-state index is -4.78. The third-order valence-corrected chi connectivity index (χ3v) is 5.90. The lowest BCUT2D eigenvalue weighted by atomic mass is 9.89. The average molecular weight is 539 g/mol. The van der Waals surface area contributed by atoms with Gasteiger partial charge in [0.05, 0.1) is 30.0 Å². The second-order valence-corrected chi connectivity index (χ2v) is 8.30. The van der Waals surface area contributed by atoms with Gasteiger partial charge in [-0.15, -0.1) is 0 Å². The van der Waals surface area contributed by atoms with Gasteiger partial charge in [0.25, 0.3) is 5.56 Å². The topological polar surface area (TPSA) is 65.6 Å². The Hall–Kier alpha value is -4.90. The van der Waals surface area contributed by atoms with Gasteiger partial charge in [0.2, 0.25) is 0 Å². The van der Waals surface area contributed by atoms with Gasteiger partial charge in [-0.25, -0.2) is 18.1 Å². The number of rotatable bonds is 4. The van der Waals surface area contributed by atoms with E-state index in [4.69, 9.17) is 0 Å². The summed E-state index contributed by atoms with van der Waals surface area (Å²) in [4.78, 5) is 25.0. The van der Waals surface area contributed by atoms with Crippen LogP contribution < -0.4 is 5.56 Å². The van der Waals surface area contributed by atoms with E-state index in [1.54, 1.807) is 6.07 Å². The SMILES string of the molecule is COC(=O)c1ccn2ncc(C(F)(F)F)c2c1C#CC#CCC(c1cc(F)ccc1F)c1cccn(C)c1=O. The number of benzene rings is 1. The van der Waals surface area contributed by atoms with Crippen molar-refractivity contribution in [2.45, 2.75) is 18.5 Å². The van der Waals surface area contributed by atoms with Crippen LogP contribution >= 0.6 is 0 Å². The molecule has 0 bridgehead atoms. The van der Waals surface area contributed by atoms with Gasteiger partial charge in [-0.1, -0.05) is 12.0 Å². The molecule has 1 atom stereocenters. The van der Waals surface area contributed by atoms with E-state index in [9.17, 15) is 31.5 Å². The highest BCUT2D eigenvalue weighted by molar-refractivity contribution is 5.95. The number of alkyl halides is 3. The molecule has 0 aliphatic carbocycles. The number of hydrogen-bond acceptors (Lipinski definition) is 4. The van der Waals surface area contributed by atoms with Crippen LogP contribution in [0.15, 0.2) is 59.8 Å². The fourth-order valence-electron chi connectivity index (χ4n) is 4.04. The number of carbonyl (C=O) groups is 1. The number of nitrogens with zero attached hydrogens (tertiary/aromatic N) is 3. The van der Waals surface area contributed by atoms with Gasteiger partial charge in [-0.05, 0) is 53.7 Å². The van der Waals surface area contributed by atoms with Crippen molar-refractivity contribution in [1.82, 2.24) is 14.2 Å².